The van der Waals surface area contributed by atoms with Crippen LogP contribution in [0.1, 0.15) is 45.7 Å². The van der Waals surface area contributed by atoms with Crippen molar-refractivity contribution in [3.8, 4) is 0 Å². The molecule has 0 bridgehead atoms. The average Bonchev–Trinajstić information content (AvgIpc) is 2.80. The lowest BCUT2D eigenvalue weighted by Crippen LogP contribution is -2.37. The van der Waals surface area contributed by atoms with Gasteiger partial charge < -0.3 is 19.8 Å². The Morgan fingerprint density at radius 3 is 2.79 bits per heavy atom. The Hall–Kier alpha value is -1.49. The largest absolute Gasteiger partial charge is 0.472 e. The summed E-state index contributed by atoms with van der Waals surface area (Å²) < 4.78 is 10.3. The van der Waals surface area contributed by atoms with E-state index in [1.165, 1.54) is 0 Å². The summed E-state index contributed by atoms with van der Waals surface area (Å²) >= 11 is 0. The second-order valence-electron chi connectivity index (χ2n) is 6.04. The topological polar surface area (TPSA) is 63.5 Å². The predicted molar refractivity (Wildman–Crippen MR) is 71.8 cm³/mol. The molecule has 0 aromatic carbocycles. The molecular weight excluding hydrogens is 244 g/mol. The highest BCUT2D eigenvalue weighted by Crippen LogP contribution is 2.25. The van der Waals surface area contributed by atoms with Gasteiger partial charge in [0.1, 0.15) is 5.60 Å². The number of alkyl carbamates (subject to hydrolysis) is 1. The zero-order chi connectivity index (χ0) is 14.0. The molecule has 2 rings (SSSR count). The third kappa shape index (κ3) is 4.28. The van der Waals surface area contributed by atoms with E-state index in [0.29, 0.717) is 6.04 Å². The molecule has 0 aliphatic heterocycles. The van der Waals surface area contributed by atoms with Gasteiger partial charge in [0, 0.05) is 23.7 Å². The van der Waals surface area contributed by atoms with E-state index < -0.39 is 5.60 Å². The molecule has 1 saturated carbocycles. The maximum Gasteiger partial charge on any atom is 0.407 e. The first kappa shape index (κ1) is 13.9. The van der Waals surface area contributed by atoms with E-state index in [4.69, 9.17) is 9.15 Å². The fraction of sp³-hybridized carbons (Fsp3) is 0.643. The summed E-state index contributed by atoms with van der Waals surface area (Å²) in [5.41, 5.74) is 0.661. The van der Waals surface area contributed by atoms with Gasteiger partial charge in [0.15, 0.2) is 0 Å². The molecule has 106 valence electrons. The van der Waals surface area contributed by atoms with Crippen LogP contribution in [0.25, 0.3) is 0 Å². The molecule has 19 heavy (non-hydrogen) atoms. The van der Waals surface area contributed by atoms with E-state index in [2.05, 4.69) is 17.6 Å². The lowest BCUT2D eigenvalue weighted by atomic mass is 10.2. The van der Waals surface area contributed by atoms with Crippen molar-refractivity contribution in [2.45, 2.75) is 57.8 Å². The molecule has 1 aliphatic carbocycles. The molecule has 1 aliphatic rings. The summed E-state index contributed by atoms with van der Waals surface area (Å²) in [6.07, 6.45) is 3.98. The molecule has 1 fully saturated rings. The molecule has 3 atom stereocenters. The van der Waals surface area contributed by atoms with Gasteiger partial charge in [-0.2, -0.15) is 0 Å². The van der Waals surface area contributed by atoms with Crippen LogP contribution in [0.2, 0.25) is 0 Å². The van der Waals surface area contributed by atoms with Gasteiger partial charge >= 0.3 is 6.09 Å². The SMILES string of the molecule is CC(NC1CC1NC(=O)OC(C)(C)C)c1ccoc1. The van der Waals surface area contributed by atoms with Crippen LogP contribution >= 0.6 is 0 Å². The van der Waals surface area contributed by atoms with Crippen molar-refractivity contribution in [1.82, 2.24) is 10.6 Å². The normalized spacial score (nSPS) is 23.8. The first-order valence-electron chi connectivity index (χ1n) is 6.63. The van der Waals surface area contributed by atoms with Crippen LogP contribution in [0.5, 0.6) is 0 Å². The third-order valence-electron chi connectivity index (χ3n) is 3.00. The highest BCUT2D eigenvalue weighted by molar-refractivity contribution is 5.68. The lowest BCUT2D eigenvalue weighted by molar-refractivity contribution is 0.0522. The van der Waals surface area contributed by atoms with Gasteiger partial charge in [-0.1, -0.05) is 0 Å². The summed E-state index contributed by atoms with van der Waals surface area (Å²) in [4.78, 5) is 11.6. The summed E-state index contributed by atoms with van der Waals surface area (Å²) in [7, 11) is 0. The number of nitrogens with one attached hydrogen (secondary N) is 2. The molecule has 1 aromatic heterocycles. The van der Waals surface area contributed by atoms with Crippen LogP contribution < -0.4 is 10.6 Å². The Morgan fingerprint density at radius 1 is 1.47 bits per heavy atom. The third-order valence-corrected chi connectivity index (χ3v) is 3.00. The quantitative estimate of drug-likeness (QED) is 0.879. The van der Waals surface area contributed by atoms with Gasteiger partial charge in [-0.3, -0.25) is 0 Å². The van der Waals surface area contributed by atoms with Gasteiger partial charge in [-0.25, -0.2) is 4.79 Å². The average molecular weight is 266 g/mol. The Morgan fingerprint density at radius 2 is 2.21 bits per heavy atom. The molecule has 1 amide bonds. The van der Waals surface area contributed by atoms with Crippen LogP contribution in [0.4, 0.5) is 4.79 Å². The molecule has 5 heteroatoms. The Balaban J connectivity index is 1.72. The number of carbonyl (C=O) groups is 1. The van der Waals surface area contributed by atoms with Crippen molar-refractivity contribution >= 4 is 6.09 Å². The molecule has 0 saturated heterocycles. The minimum Gasteiger partial charge on any atom is -0.472 e. The lowest BCUT2D eigenvalue weighted by Gasteiger charge is -2.20. The molecule has 0 spiro atoms. The van der Waals surface area contributed by atoms with Crippen molar-refractivity contribution in [3.63, 3.8) is 0 Å². The summed E-state index contributed by atoms with van der Waals surface area (Å²) in [5, 5.41) is 6.31. The minimum atomic E-state index is -0.452. The highest BCUT2D eigenvalue weighted by atomic mass is 16.6. The number of hydrogen-bond acceptors (Lipinski definition) is 4. The van der Waals surface area contributed by atoms with Gasteiger partial charge in [0.2, 0.25) is 0 Å². The number of hydrogen-bond donors (Lipinski definition) is 2. The zero-order valence-corrected chi connectivity index (χ0v) is 11.9. The number of rotatable bonds is 4. The molecule has 1 heterocycles. The van der Waals surface area contributed by atoms with Crippen molar-refractivity contribution in [2.24, 2.45) is 0 Å². The Kier molecular flexibility index (Phi) is 3.85. The number of carbonyl (C=O) groups excluding carboxylic acids is 1. The van der Waals surface area contributed by atoms with Crippen LogP contribution in [0, 0.1) is 0 Å². The summed E-state index contributed by atoms with van der Waals surface area (Å²) in [5.74, 6) is 0. The van der Waals surface area contributed by atoms with Gasteiger partial charge in [-0.15, -0.1) is 0 Å². The monoisotopic (exact) mass is 266 g/mol. The predicted octanol–water partition coefficient (Wildman–Crippen LogP) is 2.60. The molecule has 0 radical (unpaired) electrons. The van der Waals surface area contributed by atoms with E-state index >= 15 is 0 Å². The van der Waals surface area contributed by atoms with Crippen molar-refractivity contribution in [2.75, 3.05) is 0 Å². The first-order chi connectivity index (χ1) is 8.85. The van der Waals surface area contributed by atoms with Gasteiger partial charge in [0.25, 0.3) is 0 Å². The Labute approximate surface area is 113 Å². The smallest absolute Gasteiger partial charge is 0.407 e. The van der Waals surface area contributed by atoms with E-state index in [-0.39, 0.29) is 18.2 Å². The van der Waals surface area contributed by atoms with Crippen molar-refractivity contribution < 1.29 is 13.9 Å². The molecule has 1 aromatic rings. The van der Waals surface area contributed by atoms with Gasteiger partial charge in [0.05, 0.1) is 12.5 Å². The van der Waals surface area contributed by atoms with Crippen LogP contribution in [-0.4, -0.2) is 23.8 Å². The second kappa shape index (κ2) is 5.25. The maximum atomic E-state index is 11.6. The highest BCUT2D eigenvalue weighted by Gasteiger charge is 2.40. The van der Waals surface area contributed by atoms with Crippen LogP contribution in [-0.2, 0) is 4.74 Å². The van der Waals surface area contributed by atoms with E-state index in [1.807, 2.05) is 26.8 Å². The second-order valence-corrected chi connectivity index (χ2v) is 6.04. The standard InChI is InChI=1S/C14H22N2O3/c1-9(10-5-6-18-8-10)15-11-7-12(11)16-13(17)19-14(2,3)4/h5-6,8-9,11-12,15H,7H2,1-4H3,(H,16,17). The van der Waals surface area contributed by atoms with E-state index in [9.17, 15) is 4.79 Å². The van der Waals surface area contributed by atoms with Crippen molar-refractivity contribution in [1.29, 1.82) is 0 Å². The van der Waals surface area contributed by atoms with Crippen LogP contribution in [0.3, 0.4) is 0 Å². The van der Waals surface area contributed by atoms with Crippen LogP contribution in [0.15, 0.2) is 23.0 Å². The number of amides is 1. The molecule has 3 unspecified atom stereocenters. The fourth-order valence-corrected chi connectivity index (χ4v) is 1.94. The number of ether oxygens (including phenoxy) is 1. The first-order valence-corrected chi connectivity index (χ1v) is 6.63. The van der Waals surface area contributed by atoms with Gasteiger partial charge in [-0.05, 0) is 40.2 Å². The van der Waals surface area contributed by atoms with Crippen molar-refractivity contribution in [3.05, 3.63) is 24.2 Å². The Bertz CT molecular complexity index is 422. The molecular formula is C14H22N2O3. The molecule has 2 N–H and O–H groups in total. The minimum absolute atomic E-state index is 0.157. The van der Waals surface area contributed by atoms with E-state index in [0.717, 1.165) is 12.0 Å². The van der Waals surface area contributed by atoms with E-state index in [1.54, 1.807) is 12.5 Å². The zero-order valence-electron chi connectivity index (χ0n) is 11.9. The summed E-state index contributed by atoms with van der Waals surface area (Å²) in [6, 6.07) is 2.62. The fourth-order valence-electron chi connectivity index (χ4n) is 1.94. The summed E-state index contributed by atoms with van der Waals surface area (Å²) in [6.45, 7) is 7.65. The number of furan rings is 1. The molecule has 5 nitrogen and oxygen atoms in total. The maximum absolute atomic E-state index is 11.6.